The first-order chi connectivity index (χ1) is 7.70. The van der Waals surface area contributed by atoms with E-state index >= 15 is 0 Å². The quantitative estimate of drug-likeness (QED) is 0.756. The fourth-order valence-electron chi connectivity index (χ4n) is 1.37. The molecule has 0 saturated carbocycles. The zero-order valence-electron chi connectivity index (χ0n) is 8.11. The molecule has 0 aliphatic rings. The van der Waals surface area contributed by atoms with Gasteiger partial charge in [-0.25, -0.2) is 4.39 Å². The summed E-state index contributed by atoms with van der Waals surface area (Å²) in [7, 11) is 0. The molecule has 0 bridgehead atoms. The van der Waals surface area contributed by atoms with Crippen molar-refractivity contribution in [1.82, 2.24) is 4.98 Å². The van der Waals surface area contributed by atoms with E-state index in [1.165, 1.54) is 30.6 Å². The van der Waals surface area contributed by atoms with E-state index < -0.39 is 0 Å². The summed E-state index contributed by atoms with van der Waals surface area (Å²) in [5.41, 5.74) is 1.27. The summed E-state index contributed by atoms with van der Waals surface area (Å²) < 4.78 is 13.5. The van der Waals surface area contributed by atoms with Crippen LogP contribution in [0.2, 0.25) is 5.02 Å². The molecule has 4 heteroatoms. The summed E-state index contributed by atoms with van der Waals surface area (Å²) in [6, 6.07) is 7.80. The smallest absolute Gasteiger partial charge is 0.131 e. The molecule has 0 N–H and O–H groups in total. The second-order valence-corrected chi connectivity index (χ2v) is 3.63. The second-order valence-electron chi connectivity index (χ2n) is 3.20. The van der Waals surface area contributed by atoms with Crippen molar-refractivity contribution in [1.29, 1.82) is 5.26 Å². The molecule has 0 fully saturated rings. The molecule has 0 amide bonds. The van der Waals surface area contributed by atoms with Gasteiger partial charge in [-0.15, -0.1) is 0 Å². The normalized spacial score (nSPS) is 9.81. The SMILES string of the molecule is N#Cc1cncc(-c2cc(Cl)ccc2F)c1. The lowest BCUT2D eigenvalue weighted by molar-refractivity contribution is 0.631. The molecule has 2 aromatic rings. The van der Waals surface area contributed by atoms with Gasteiger partial charge < -0.3 is 0 Å². The van der Waals surface area contributed by atoms with Crippen LogP contribution in [0.4, 0.5) is 4.39 Å². The minimum atomic E-state index is -0.388. The van der Waals surface area contributed by atoms with Gasteiger partial charge >= 0.3 is 0 Å². The Morgan fingerprint density at radius 2 is 2.06 bits per heavy atom. The van der Waals surface area contributed by atoms with Crippen LogP contribution in [-0.2, 0) is 0 Å². The zero-order valence-corrected chi connectivity index (χ0v) is 8.87. The fourth-order valence-corrected chi connectivity index (χ4v) is 1.54. The third-order valence-corrected chi connectivity index (χ3v) is 2.34. The molecule has 78 valence electrons. The maximum Gasteiger partial charge on any atom is 0.131 e. The van der Waals surface area contributed by atoms with E-state index in [9.17, 15) is 4.39 Å². The minimum absolute atomic E-state index is 0.345. The first kappa shape index (κ1) is 10.6. The molecule has 1 aromatic heterocycles. The summed E-state index contributed by atoms with van der Waals surface area (Å²) in [4.78, 5) is 3.87. The fraction of sp³-hybridized carbons (Fsp3) is 0. The zero-order chi connectivity index (χ0) is 11.5. The number of hydrogen-bond donors (Lipinski definition) is 0. The number of halogens is 2. The first-order valence-corrected chi connectivity index (χ1v) is 4.89. The Bertz CT molecular complexity index is 575. The summed E-state index contributed by atoms with van der Waals surface area (Å²) in [5.74, 6) is -0.388. The maximum atomic E-state index is 13.5. The molecular weight excluding hydrogens is 227 g/mol. The minimum Gasteiger partial charge on any atom is -0.263 e. The molecule has 0 saturated heterocycles. The van der Waals surface area contributed by atoms with E-state index in [0.717, 1.165) is 0 Å². The van der Waals surface area contributed by atoms with Gasteiger partial charge in [0, 0.05) is 28.5 Å². The average Bonchev–Trinajstić information content (AvgIpc) is 2.32. The average molecular weight is 233 g/mol. The van der Waals surface area contributed by atoms with Crippen molar-refractivity contribution in [2.24, 2.45) is 0 Å². The van der Waals surface area contributed by atoms with Crippen molar-refractivity contribution < 1.29 is 4.39 Å². The highest BCUT2D eigenvalue weighted by atomic mass is 35.5. The Kier molecular flexibility index (Phi) is 2.84. The lowest BCUT2D eigenvalue weighted by Gasteiger charge is -2.03. The van der Waals surface area contributed by atoms with Crippen molar-refractivity contribution in [2.45, 2.75) is 0 Å². The number of nitrogens with zero attached hydrogens (tertiary/aromatic N) is 2. The summed E-state index contributed by atoms with van der Waals surface area (Å²) in [5, 5.41) is 9.17. The van der Waals surface area contributed by atoms with Crippen LogP contribution >= 0.6 is 11.6 Å². The largest absolute Gasteiger partial charge is 0.263 e. The standard InChI is InChI=1S/C12H6ClFN2/c13-10-1-2-12(14)11(4-10)9-3-8(5-15)6-16-7-9/h1-4,6-7H. The van der Waals surface area contributed by atoms with Gasteiger partial charge in [-0.1, -0.05) is 11.6 Å². The number of rotatable bonds is 1. The number of pyridine rings is 1. The third-order valence-electron chi connectivity index (χ3n) is 2.11. The Morgan fingerprint density at radius 1 is 1.25 bits per heavy atom. The monoisotopic (exact) mass is 232 g/mol. The van der Waals surface area contributed by atoms with Crippen molar-refractivity contribution in [3.63, 3.8) is 0 Å². The number of nitriles is 1. The van der Waals surface area contributed by atoms with E-state index in [-0.39, 0.29) is 5.82 Å². The Labute approximate surface area is 96.9 Å². The van der Waals surface area contributed by atoms with Crippen LogP contribution in [0.25, 0.3) is 11.1 Å². The van der Waals surface area contributed by atoms with Crippen molar-refractivity contribution in [3.05, 3.63) is 53.1 Å². The predicted octanol–water partition coefficient (Wildman–Crippen LogP) is 3.41. The Balaban J connectivity index is 2.58. The van der Waals surface area contributed by atoms with Crippen LogP contribution in [-0.4, -0.2) is 4.98 Å². The van der Waals surface area contributed by atoms with Crippen LogP contribution in [0, 0.1) is 17.1 Å². The Hall–Kier alpha value is -1.92. The summed E-state index contributed by atoms with van der Waals surface area (Å²) in [6.07, 6.45) is 2.92. The Morgan fingerprint density at radius 3 is 2.81 bits per heavy atom. The lowest BCUT2D eigenvalue weighted by Crippen LogP contribution is -1.87. The van der Waals surface area contributed by atoms with E-state index in [0.29, 0.717) is 21.7 Å². The maximum absolute atomic E-state index is 13.5. The molecule has 0 unspecified atom stereocenters. The van der Waals surface area contributed by atoms with Gasteiger partial charge in [-0.2, -0.15) is 5.26 Å². The molecule has 0 spiro atoms. The van der Waals surface area contributed by atoms with E-state index in [4.69, 9.17) is 16.9 Å². The van der Waals surface area contributed by atoms with Crippen molar-refractivity contribution in [2.75, 3.05) is 0 Å². The van der Waals surface area contributed by atoms with Gasteiger partial charge in [0.25, 0.3) is 0 Å². The van der Waals surface area contributed by atoms with Crippen LogP contribution in [0.15, 0.2) is 36.7 Å². The molecule has 0 aliphatic carbocycles. The van der Waals surface area contributed by atoms with Gasteiger partial charge in [0.15, 0.2) is 0 Å². The number of aromatic nitrogens is 1. The molecule has 2 rings (SSSR count). The molecule has 1 aromatic carbocycles. The molecule has 16 heavy (non-hydrogen) atoms. The summed E-state index contributed by atoms with van der Waals surface area (Å²) >= 11 is 5.79. The predicted molar refractivity (Wildman–Crippen MR) is 59.4 cm³/mol. The van der Waals surface area contributed by atoms with E-state index in [1.54, 1.807) is 6.07 Å². The molecule has 0 aliphatic heterocycles. The van der Waals surface area contributed by atoms with Crippen molar-refractivity contribution in [3.8, 4) is 17.2 Å². The second kappa shape index (κ2) is 4.30. The topological polar surface area (TPSA) is 36.7 Å². The third kappa shape index (κ3) is 2.02. The first-order valence-electron chi connectivity index (χ1n) is 4.51. The van der Waals surface area contributed by atoms with Crippen molar-refractivity contribution >= 4 is 11.6 Å². The lowest BCUT2D eigenvalue weighted by atomic mass is 10.1. The van der Waals surface area contributed by atoms with Crippen LogP contribution < -0.4 is 0 Å². The highest BCUT2D eigenvalue weighted by Crippen LogP contribution is 2.25. The molecule has 0 radical (unpaired) electrons. The van der Waals surface area contributed by atoms with Gasteiger partial charge in [0.05, 0.1) is 5.56 Å². The van der Waals surface area contributed by atoms with E-state index in [2.05, 4.69) is 4.98 Å². The van der Waals surface area contributed by atoms with Crippen LogP contribution in [0.1, 0.15) is 5.56 Å². The van der Waals surface area contributed by atoms with Gasteiger partial charge in [0.1, 0.15) is 11.9 Å². The van der Waals surface area contributed by atoms with Gasteiger partial charge in [-0.3, -0.25) is 4.98 Å². The number of benzene rings is 1. The molecular formula is C12H6ClFN2. The summed E-state index contributed by atoms with van der Waals surface area (Å²) in [6.45, 7) is 0. The van der Waals surface area contributed by atoms with Gasteiger partial charge in [0.2, 0.25) is 0 Å². The molecule has 1 heterocycles. The highest BCUT2D eigenvalue weighted by molar-refractivity contribution is 6.30. The van der Waals surface area contributed by atoms with Crippen LogP contribution in [0.3, 0.4) is 0 Å². The molecule has 0 atom stereocenters. The van der Waals surface area contributed by atoms with Gasteiger partial charge in [-0.05, 0) is 24.3 Å². The highest BCUT2D eigenvalue weighted by Gasteiger charge is 2.06. The number of hydrogen-bond acceptors (Lipinski definition) is 2. The van der Waals surface area contributed by atoms with E-state index in [1.807, 2.05) is 6.07 Å². The molecule has 2 nitrogen and oxygen atoms in total. The van der Waals surface area contributed by atoms with Crippen LogP contribution in [0.5, 0.6) is 0 Å².